The Labute approximate surface area is 89.6 Å². The molecule has 0 aliphatic heterocycles. The molecule has 1 aromatic carbocycles. The van der Waals surface area contributed by atoms with Crippen molar-refractivity contribution in [1.29, 1.82) is 0 Å². The summed E-state index contributed by atoms with van der Waals surface area (Å²) in [6.07, 6.45) is -2.03. The SMILES string of the molecule is Oc1ccc(C(O)C(O)CBr)cc1O. The second-order valence-corrected chi connectivity index (χ2v) is 3.56. The molecular formula is C9H11BrO4. The lowest BCUT2D eigenvalue weighted by Gasteiger charge is -2.16. The maximum atomic E-state index is 9.53. The maximum absolute atomic E-state index is 9.53. The molecule has 0 bridgehead atoms. The quantitative estimate of drug-likeness (QED) is 0.482. The normalized spacial score (nSPS) is 15.1. The third-order valence-electron chi connectivity index (χ3n) is 1.86. The van der Waals surface area contributed by atoms with Crippen molar-refractivity contribution in [3.05, 3.63) is 23.8 Å². The number of phenolic OH excluding ortho intramolecular Hbond substituents is 2. The number of aliphatic hydroxyl groups is 2. The van der Waals surface area contributed by atoms with E-state index in [9.17, 15) is 10.2 Å². The van der Waals surface area contributed by atoms with Crippen molar-refractivity contribution in [2.75, 3.05) is 5.33 Å². The van der Waals surface area contributed by atoms with Crippen molar-refractivity contribution in [3.63, 3.8) is 0 Å². The molecule has 0 spiro atoms. The van der Waals surface area contributed by atoms with Crippen LogP contribution in [-0.2, 0) is 0 Å². The molecule has 2 unspecified atom stereocenters. The Balaban J connectivity index is 2.91. The highest BCUT2D eigenvalue weighted by molar-refractivity contribution is 9.09. The summed E-state index contributed by atoms with van der Waals surface area (Å²) in [5.74, 6) is -0.572. The number of alkyl halides is 1. The summed E-state index contributed by atoms with van der Waals surface area (Å²) in [5, 5.41) is 37.2. The van der Waals surface area contributed by atoms with Gasteiger partial charge in [0, 0.05) is 5.33 Å². The van der Waals surface area contributed by atoms with Gasteiger partial charge in [0.15, 0.2) is 11.5 Å². The lowest BCUT2D eigenvalue weighted by molar-refractivity contribution is 0.0341. The molecule has 2 atom stereocenters. The molecule has 4 N–H and O–H groups in total. The summed E-state index contributed by atoms with van der Waals surface area (Å²) >= 11 is 3.02. The van der Waals surface area contributed by atoms with Gasteiger partial charge in [-0.15, -0.1) is 0 Å². The molecule has 78 valence electrons. The molecule has 1 rings (SSSR count). The van der Waals surface area contributed by atoms with E-state index in [1.807, 2.05) is 0 Å². The minimum absolute atomic E-state index is 0.232. The van der Waals surface area contributed by atoms with Crippen LogP contribution in [0.2, 0.25) is 0 Å². The first-order valence-electron chi connectivity index (χ1n) is 4.00. The number of rotatable bonds is 3. The predicted molar refractivity (Wildman–Crippen MR) is 54.5 cm³/mol. The Morgan fingerprint density at radius 3 is 2.29 bits per heavy atom. The van der Waals surface area contributed by atoms with Crippen LogP contribution in [0.25, 0.3) is 0 Å². The topological polar surface area (TPSA) is 80.9 Å². The molecule has 0 radical (unpaired) electrons. The lowest BCUT2D eigenvalue weighted by Crippen LogP contribution is -2.19. The van der Waals surface area contributed by atoms with E-state index in [0.717, 1.165) is 0 Å². The number of hydrogen-bond acceptors (Lipinski definition) is 4. The zero-order valence-corrected chi connectivity index (χ0v) is 8.85. The summed E-state index contributed by atoms with van der Waals surface area (Å²) in [7, 11) is 0. The monoisotopic (exact) mass is 262 g/mol. The molecular weight excluding hydrogens is 252 g/mol. The highest BCUT2D eigenvalue weighted by Crippen LogP contribution is 2.29. The molecule has 0 saturated carbocycles. The van der Waals surface area contributed by atoms with Crippen LogP contribution in [0.5, 0.6) is 11.5 Å². The first kappa shape index (κ1) is 11.3. The van der Waals surface area contributed by atoms with E-state index in [4.69, 9.17) is 10.2 Å². The van der Waals surface area contributed by atoms with Gasteiger partial charge in [-0.3, -0.25) is 0 Å². The Bertz CT molecular complexity index is 316. The second kappa shape index (κ2) is 4.63. The van der Waals surface area contributed by atoms with E-state index in [0.29, 0.717) is 5.56 Å². The van der Waals surface area contributed by atoms with Crippen LogP contribution in [0.4, 0.5) is 0 Å². The van der Waals surface area contributed by atoms with Crippen LogP contribution in [-0.4, -0.2) is 31.9 Å². The minimum atomic E-state index is -1.08. The van der Waals surface area contributed by atoms with E-state index in [2.05, 4.69) is 15.9 Å². The zero-order chi connectivity index (χ0) is 10.7. The van der Waals surface area contributed by atoms with Gasteiger partial charge in [0.25, 0.3) is 0 Å². The van der Waals surface area contributed by atoms with Crippen LogP contribution in [0, 0.1) is 0 Å². The van der Waals surface area contributed by atoms with Crippen molar-refractivity contribution < 1.29 is 20.4 Å². The van der Waals surface area contributed by atoms with E-state index in [1.165, 1.54) is 18.2 Å². The summed E-state index contributed by atoms with van der Waals surface area (Å²) in [5.41, 5.74) is 0.354. The van der Waals surface area contributed by atoms with Gasteiger partial charge >= 0.3 is 0 Å². The van der Waals surface area contributed by atoms with Gasteiger partial charge in [-0.25, -0.2) is 0 Å². The fourth-order valence-electron chi connectivity index (χ4n) is 1.03. The van der Waals surface area contributed by atoms with Gasteiger partial charge in [0.2, 0.25) is 0 Å². The summed E-state index contributed by atoms with van der Waals surface area (Å²) in [4.78, 5) is 0. The molecule has 0 aliphatic rings. The van der Waals surface area contributed by atoms with Crippen LogP contribution in [0.3, 0.4) is 0 Å². The van der Waals surface area contributed by atoms with Crippen LogP contribution in [0.1, 0.15) is 11.7 Å². The van der Waals surface area contributed by atoms with Gasteiger partial charge in [-0.05, 0) is 17.7 Å². The molecule has 0 fully saturated rings. The smallest absolute Gasteiger partial charge is 0.157 e. The molecule has 4 nitrogen and oxygen atoms in total. The van der Waals surface area contributed by atoms with E-state index in [-0.39, 0.29) is 16.8 Å². The van der Waals surface area contributed by atoms with Gasteiger partial charge in [-0.1, -0.05) is 22.0 Å². The molecule has 0 heterocycles. The summed E-state index contributed by atoms with van der Waals surface area (Å²) in [6.45, 7) is 0. The average Bonchev–Trinajstić information content (AvgIpc) is 2.20. The van der Waals surface area contributed by atoms with E-state index in [1.54, 1.807) is 0 Å². The number of hydrogen-bond donors (Lipinski definition) is 4. The van der Waals surface area contributed by atoms with Crippen LogP contribution in [0.15, 0.2) is 18.2 Å². The number of phenols is 2. The molecule has 14 heavy (non-hydrogen) atoms. The van der Waals surface area contributed by atoms with Gasteiger partial charge in [0.05, 0.1) is 6.10 Å². The molecule has 1 aromatic rings. The Morgan fingerprint density at radius 1 is 1.14 bits per heavy atom. The van der Waals surface area contributed by atoms with Crippen molar-refractivity contribution in [2.45, 2.75) is 12.2 Å². The van der Waals surface area contributed by atoms with Crippen LogP contribution < -0.4 is 0 Å². The van der Waals surface area contributed by atoms with E-state index < -0.39 is 12.2 Å². The van der Waals surface area contributed by atoms with Gasteiger partial charge in [-0.2, -0.15) is 0 Å². The maximum Gasteiger partial charge on any atom is 0.157 e. The fourth-order valence-corrected chi connectivity index (χ4v) is 1.39. The van der Waals surface area contributed by atoms with E-state index >= 15 is 0 Å². The highest BCUT2D eigenvalue weighted by Gasteiger charge is 2.17. The second-order valence-electron chi connectivity index (χ2n) is 2.91. The number of aliphatic hydroxyl groups excluding tert-OH is 2. The molecule has 0 aliphatic carbocycles. The van der Waals surface area contributed by atoms with Crippen molar-refractivity contribution in [1.82, 2.24) is 0 Å². The third-order valence-corrected chi connectivity index (χ3v) is 2.53. The van der Waals surface area contributed by atoms with Crippen molar-refractivity contribution >= 4 is 15.9 Å². The summed E-state index contributed by atoms with van der Waals surface area (Å²) < 4.78 is 0. The largest absolute Gasteiger partial charge is 0.504 e. The van der Waals surface area contributed by atoms with Gasteiger partial charge in [0.1, 0.15) is 6.10 Å². The first-order valence-corrected chi connectivity index (χ1v) is 5.12. The number of benzene rings is 1. The molecule has 0 aromatic heterocycles. The predicted octanol–water partition coefficient (Wildman–Crippen LogP) is 0.887. The van der Waals surface area contributed by atoms with Crippen molar-refractivity contribution in [2.24, 2.45) is 0 Å². The Hall–Kier alpha value is -0.780. The van der Waals surface area contributed by atoms with Crippen LogP contribution >= 0.6 is 15.9 Å². The number of halogens is 1. The minimum Gasteiger partial charge on any atom is -0.504 e. The molecule has 0 amide bonds. The Morgan fingerprint density at radius 2 is 1.79 bits per heavy atom. The molecule has 5 heteroatoms. The lowest BCUT2D eigenvalue weighted by atomic mass is 10.1. The zero-order valence-electron chi connectivity index (χ0n) is 7.26. The standard InChI is InChI=1S/C9H11BrO4/c10-4-8(13)9(14)5-1-2-6(11)7(12)3-5/h1-3,8-9,11-14H,4H2. The number of aromatic hydroxyl groups is 2. The average molecular weight is 263 g/mol. The highest BCUT2D eigenvalue weighted by atomic mass is 79.9. The summed E-state index contributed by atoms with van der Waals surface area (Å²) in [6, 6.07) is 3.91. The first-order chi connectivity index (χ1) is 6.56. The Kier molecular flexibility index (Phi) is 3.74. The third kappa shape index (κ3) is 2.37. The van der Waals surface area contributed by atoms with Gasteiger partial charge < -0.3 is 20.4 Å². The molecule has 0 saturated heterocycles. The van der Waals surface area contributed by atoms with Crippen molar-refractivity contribution in [3.8, 4) is 11.5 Å². The fraction of sp³-hybridized carbons (Fsp3) is 0.333.